The van der Waals surface area contributed by atoms with Gasteiger partial charge in [-0.25, -0.2) is 23.1 Å². The van der Waals surface area contributed by atoms with E-state index >= 15 is 0 Å². The van der Waals surface area contributed by atoms with E-state index in [0.29, 0.717) is 10.9 Å². The maximum Gasteiger partial charge on any atom is 0.255 e. The molecule has 0 fully saturated rings. The van der Waals surface area contributed by atoms with Crippen molar-refractivity contribution < 1.29 is 22.8 Å². The summed E-state index contributed by atoms with van der Waals surface area (Å²) >= 11 is 0. The molecular weight excluding hydrogens is 395 g/mol. The Morgan fingerprint density at radius 1 is 0.833 bits per heavy atom. The molecule has 4 aromatic rings. The van der Waals surface area contributed by atoms with Gasteiger partial charge in [-0.1, -0.05) is 0 Å². The first-order chi connectivity index (χ1) is 14.4. The smallest absolute Gasteiger partial charge is 0.255 e. The number of fused-ring (bicyclic) bond motifs is 1. The van der Waals surface area contributed by atoms with Gasteiger partial charge >= 0.3 is 0 Å². The van der Waals surface area contributed by atoms with Crippen LogP contribution in [-0.4, -0.2) is 21.7 Å². The molecule has 0 aliphatic heterocycles. The lowest BCUT2D eigenvalue weighted by Crippen LogP contribution is -2.15. The minimum atomic E-state index is -1.08. The number of hydrogen-bond acceptors (Lipinski definition) is 4. The van der Waals surface area contributed by atoms with Crippen molar-refractivity contribution in [2.75, 3.05) is 5.32 Å². The minimum Gasteiger partial charge on any atom is -0.319 e. The fraction of sp³-hybridized carbons (Fsp3) is 0. The number of ketones is 1. The molecule has 0 aliphatic rings. The van der Waals surface area contributed by atoms with Crippen LogP contribution in [0.1, 0.15) is 26.3 Å². The molecule has 1 amide bonds. The summed E-state index contributed by atoms with van der Waals surface area (Å²) in [6, 6.07) is 10.5. The maximum absolute atomic E-state index is 15.0. The molecule has 8 heteroatoms. The third kappa shape index (κ3) is 3.75. The van der Waals surface area contributed by atoms with Gasteiger partial charge in [0, 0.05) is 28.8 Å². The lowest BCUT2D eigenvalue weighted by atomic mass is 10.0. The molecule has 30 heavy (non-hydrogen) atoms. The number of nitrogens with one attached hydrogen (secondary N) is 1. The number of hydrogen-bond donors (Lipinski definition) is 1. The van der Waals surface area contributed by atoms with Crippen LogP contribution < -0.4 is 5.32 Å². The summed E-state index contributed by atoms with van der Waals surface area (Å²) in [5.74, 6) is -4.08. The van der Waals surface area contributed by atoms with Gasteiger partial charge in [-0.15, -0.1) is 0 Å². The number of carbonyl (C=O) groups excluding carboxylic acids is 2. The Labute approximate surface area is 168 Å². The molecule has 1 N–H and O–H groups in total. The first-order valence-electron chi connectivity index (χ1n) is 8.73. The maximum atomic E-state index is 15.0. The van der Waals surface area contributed by atoms with E-state index < -0.39 is 40.4 Å². The van der Waals surface area contributed by atoms with Crippen molar-refractivity contribution >= 4 is 28.3 Å². The van der Waals surface area contributed by atoms with Crippen LogP contribution in [0.25, 0.3) is 10.9 Å². The molecule has 0 bridgehead atoms. The number of nitrogens with zero attached hydrogens (tertiary/aromatic N) is 2. The predicted molar refractivity (Wildman–Crippen MR) is 104 cm³/mol. The lowest BCUT2D eigenvalue weighted by Gasteiger charge is -2.11. The number of benzene rings is 3. The van der Waals surface area contributed by atoms with E-state index in [1.54, 1.807) is 6.07 Å². The second-order valence-electron chi connectivity index (χ2n) is 6.40. The zero-order valence-corrected chi connectivity index (χ0v) is 15.2. The summed E-state index contributed by atoms with van der Waals surface area (Å²) in [5, 5.41) is 2.77. The Hall–Kier alpha value is -4.07. The zero-order chi connectivity index (χ0) is 21.3. The molecule has 0 spiro atoms. The highest BCUT2D eigenvalue weighted by Crippen LogP contribution is 2.25. The Balaban J connectivity index is 1.68. The molecule has 1 heterocycles. The van der Waals surface area contributed by atoms with Crippen LogP contribution in [0.15, 0.2) is 67.1 Å². The Kier molecular flexibility index (Phi) is 4.97. The lowest BCUT2D eigenvalue weighted by molar-refractivity contribution is 0.101. The van der Waals surface area contributed by atoms with Crippen LogP contribution in [0, 0.1) is 17.5 Å². The predicted octanol–water partition coefficient (Wildman–Crippen LogP) is 4.53. The Bertz CT molecular complexity index is 1290. The van der Waals surface area contributed by atoms with Gasteiger partial charge in [-0.05, 0) is 48.5 Å². The molecule has 0 aliphatic carbocycles. The van der Waals surface area contributed by atoms with Crippen LogP contribution in [0.5, 0.6) is 0 Å². The normalized spacial score (nSPS) is 10.8. The third-order valence-corrected chi connectivity index (χ3v) is 4.40. The first-order valence-corrected chi connectivity index (χ1v) is 8.73. The highest BCUT2D eigenvalue weighted by atomic mass is 19.1. The summed E-state index contributed by atoms with van der Waals surface area (Å²) in [6.45, 7) is 0. The zero-order valence-electron chi connectivity index (χ0n) is 15.2. The number of rotatable bonds is 4. The number of carbonyl (C=O) groups is 2. The van der Waals surface area contributed by atoms with Crippen molar-refractivity contribution in [3.05, 3.63) is 101 Å². The van der Waals surface area contributed by atoms with Gasteiger partial charge in [0.25, 0.3) is 5.91 Å². The fourth-order valence-corrected chi connectivity index (χ4v) is 2.92. The second-order valence-corrected chi connectivity index (χ2v) is 6.40. The fourth-order valence-electron chi connectivity index (χ4n) is 2.92. The van der Waals surface area contributed by atoms with Crippen LogP contribution in [0.2, 0.25) is 0 Å². The molecule has 5 nitrogen and oxygen atoms in total. The largest absolute Gasteiger partial charge is 0.319 e. The van der Waals surface area contributed by atoms with E-state index in [-0.39, 0.29) is 11.1 Å². The van der Waals surface area contributed by atoms with Crippen molar-refractivity contribution in [3.63, 3.8) is 0 Å². The van der Waals surface area contributed by atoms with E-state index in [1.807, 2.05) is 0 Å². The molecule has 0 atom stereocenters. The molecule has 0 unspecified atom stereocenters. The average Bonchev–Trinajstić information content (AvgIpc) is 2.75. The van der Waals surface area contributed by atoms with E-state index in [9.17, 15) is 22.8 Å². The standard InChI is InChI=1S/C22H12F3N3O2/c23-15-4-1-12(2-5-15)22(30)28-19-9-16(24)8-17(20(19)25)21(29)13-3-6-18-14(7-13)10-26-11-27-18/h1-11H,(H,28,30). The van der Waals surface area contributed by atoms with E-state index in [1.165, 1.54) is 36.8 Å². The summed E-state index contributed by atoms with van der Waals surface area (Å²) in [6.07, 6.45) is 2.85. The van der Waals surface area contributed by atoms with Crippen LogP contribution in [0.3, 0.4) is 0 Å². The van der Waals surface area contributed by atoms with E-state index in [0.717, 1.165) is 24.3 Å². The minimum absolute atomic E-state index is 0.0440. The van der Waals surface area contributed by atoms with Crippen molar-refractivity contribution in [2.45, 2.75) is 0 Å². The van der Waals surface area contributed by atoms with Gasteiger partial charge < -0.3 is 5.32 Å². The van der Waals surface area contributed by atoms with Gasteiger partial charge in [0.2, 0.25) is 0 Å². The monoisotopic (exact) mass is 407 g/mol. The first kappa shape index (κ1) is 19.3. The number of halogens is 3. The number of anilines is 1. The van der Waals surface area contributed by atoms with E-state index in [4.69, 9.17) is 0 Å². The van der Waals surface area contributed by atoms with Crippen molar-refractivity contribution in [2.24, 2.45) is 0 Å². The molecule has 4 rings (SSSR count). The summed E-state index contributed by atoms with van der Waals surface area (Å²) < 4.78 is 42.1. The summed E-state index contributed by atoms with van der Waals surface area (Å²) in [4.78, 5) is 33.0. The SMILES string of the molecule is O=C(Nc1cc(F)cc(C(=O)c2ccc3ncncc3c2)c1F)c1ccc(F)cc1. The third-order valence-electron chi connectivity index (χ3n) is 4.40. The number of aromatic nitrogens is 2. The van der Waals surface area contributed by atoms with Gasteiger partial charge in [-0.3, -0.25) is 9.59 Å². The Morgan fingerprint density at radius 2 is 1.57 bits per heavy atom. The highest BCUT2D eigenvalue weighted by Gasteiger charge is 2.21. The highest BCUT2D eigenvalue weighted by molar-refractivity contribution is 6.12. The van der Waals surface area contributed by atoms with Gasteiger partial charge in [0.15, 0.2) is 11.6 Å². The number of amides is 1. The molecule has 148 valence electrons. The van der Waals surface area contributed by atoms with Crippen molar-refractivity contribution in [1.29, 1.82) is 0 Å². The summed E-state index contributed by atoms with van der Waals surface area (Å²) in [5.41, 5.74) is -0.300. The van der Waals surface area contributed by atoms with Gasteiger partial charge in [0.1, 0.15) is 18.0 Å². The van der Waals surface area contributed by atoms with Gasteiger partial charge in [0.05, 0.1) is 16.8 Å². The second kappa shape index (κ2) is 7.75. The van der Waals surface area contributed by atoms with Crippen LogP contribution in [0.4, 0.5) is 18.9 Å². The van der Waals surface area contributed by atoms with Crippen LogP contribution in [-0.2, 0) is 0 Å². The van der Waals surface area contributed by atoms with Crippen LogP contribution >= 0.6 is 0 Å². The molecule has 3 aromatic carbocycles. The Morgan fingerprint density at radius 3 is 2.33 bits per heavy atom. The summed E-state index contributed by atoms with van der Waals surface area (Å²) in [7, 11) is 0. The molecule has 0 saturated carbocycles. The van der Waals surface area contributed by atoms with Crippen molar-refractivity contribution in [1.82, 2.24) is 9.97 Å². The quantitative estimate of drug-likeness (QED) is 0.505. The topological polar surface area (TPSA) is 72.0 Å². The average molecular weight is 407 g/mol. The molecule has 1 aromatic heterocycles. The molecule has 0 radical (unpaired) electrons. The van der Waals surface area contributed by atoms with Crippen molar-refractivity contribution in [3.8, 4) is 0 Å². The molecule has 0 saturated heterocycles. The molecular formula is C22H12F3N3O2. The van der Waals surface area contributed by atoms with Gasteiger partial charge in [-0.2, -0.15) is 0 Å². The van der Waals surface area contributed by atoms with E-state index in [2.05, 4.69) is 15.3 Å².